The zero-order chi connectivity index (χ0) is 13.0. The Labute approximate surface area is 106 Å². The zero-order valence-electron chi connectivity index (χ0n) is 10.5. The molecular formula is C14H18N2O2. The summed E-state index contributed by atoms with van der Waals surface area (Å²) in [4.78, 5) is 4.24. The van der Waals surface area contributed by atoms with Gasteiger partial charge >= 0.3 is 0 Å². The summed E-state index contributed by atoms with van der Waals surface area (Å²) in [6.45, 7) is 2.38. The van der Waals surface area contributed by atoms with Gasteiger partial charge in [0.2, 0.25) is 0 Å². The third-order valence-electron chi connectivity index (χ3n) is 2.92. The molecular weight excluding hydrogens is 228 g/mol. The van der Waals surface area contributed by atoms with Crippen LogP contribution in [0.2, 0.25) is 0 Å². The number of rotatable bonds is 5. The maximum absolute atomic E-state index is 9.76. The smallest absolute Gasteiger partial charge is 0.120 e. The lowest BCUT2D eigenvalue weighted by atomic mass is 10.0. The van der Waals surface area contributed by atoms with Gasteiger partial charge < -0.3 is 15.6 Å². The van der Waals surface area contributed by atoms with E-state index in [1.807, 2.05) is 30.3 Å². The van der Waals surface area contributed by atoms with Crippen molar-refractivity contribution in [1.29, 1.82) is 0 Å². The fraction of sp³-hybridized carbons (Fsp3) is 0.357. The highest BCUT2D eigenvalue weighted by molar-refractivity contribution is 5.79. The summed E-state index contributed by atoms with van der Waals surface area (Å²) in [7, 11) is 0. The van der Waals surface area contributed by atoms with E-state index in [1.54, 1.807) is 13.1 Å². The van der Waals surface area contributed by atoms with E-state index in [4.69, 9.17) is 10.5 Å². The molecule has 0 aliphatic heterocycles. The van der Waals surface area contributed by atoms with Crippen molar-refractivity contribution in [3.8, 4) is 5.75 Å². The number of hydrogen-bond acceptors (Lipinski definition) is 4. The number of pyridine rings is 1. The number of hydrogen-bond donors (Lipinski definition) is 2. The van der Waals surface area contributed by atoms with E-state index in [0.717, 1.165) is 16.7 Å². The molecule has 0 fully saturated rings. The Hall–Kier alpha value is -1.65. The van der Waals surface area contributed by atoms with E-state index in [9.17, 15) is 5.11 Å². The van der Waals surface area contributed by atoms with Gasteiger partial charge in [0, 0.05) is 24.5 Å². The second kappa shape index (κ2) is 5.33. The van der Waals surface area contributed by atoms with Gasteiger partial charge in [-0.05, 0) is 31.2 Å². The summed E-state index contributed by atoms with van der Waals surface area (Å²) in [5.74, 6) is 0.781. The van der Waals surface area contributed by atoms with Crippen LogP contribution < -0.4 is 10.5 Å². The van der Waals surface area contributed by atoms with Crippen LogP contribution in [0.1, 0.15) is 13.3 Å². The average molecular weight is 246 g/mol. The molecule has 0 bridgehead atoms. The molecule has 2 aromatic rings. The van der Waals surface area contributed by atoms with Crippen molar-refractivity contribution >= 4 is 10.9 Å². The molecule has 0 aliphatic carbocycles. The van der Waals surface area contributed by atoms with Crippen LogP contribution in [0.25, 0.3) is 10.9 Å². The SMILES string of the molecule is CC(O)(CN)CCOc1ccc2ncccc2c1. The first-order chi connectivity index (χ1) is 8.61. The van der Waals surface area contributed by atoms with Crippen LogP contribution in [0.3, 0.4) is 0 Å². The molecule has 1 unspecified atom stereocenters. The molecule has 0 spiro atoms. The molecule has 0 radical (unpaired) electrons. The maximum Gasteiger partial charge on any atom is 0.120 e. The summed E-state index contributed by atoms with van der Waals surface area (Å²) < 4.78 is 5.61. The molecule has 0 saturated carbocycles. The normalized spacial score (nSPS) is 14.4. The van der Waals surface area contributed by atoms with Crippen LogP contribution in [0, 0.1) is 0 Å². The van der Waals surface area contributed by atoms with Crippen LogP contribution in [-0.4, -0.2) is 28.8 Å². The molecule has 1 heterocycles. The summed E-state index contributed by atoms with van der Waals surface area (Å²) in [6, 6.07) is 9.63. The van der Waals surface area contributed by atoms with Gasteiger partial charge in [-0.3, -0.25) is 4.98 Å². The molecule has 1 aromatic heterocycles. The summed E-state index contributed by atoms with van der Waals surface area (Å²) in [5.41, 5.74) is 5.53. The van der Waals surface area contributed by atoms with Crippen molar-refractivity contribution in [2.24, 2.45) is 5.73 Å². The molecule has 0 amide bonds. The number of benzene rings is 1. The van der Waals surface area contributed by atoms with Crippen molar-refractivity contribution in [3.63, 3.8) is 0 Å². The van der Waals surface area contributed by atoms with Gasteiger partial charge in [-0.1, -0.05) is 6.07 Å². The fourth-order valence-electron chi connectivity index (χ4n) is 1.63. The van der Waals surface area contributed by atoms with E-state index in [1.165, 1.54) is 0 Å². The lowest BCUT2D eigenvalue weighted by Crippen LogP contribution is -2.35. The predicted molar refractivity (Wildman–Crippen MR) is 71.5 cm³/mol. The van der Waals surface area contributed by atoms with Gasteiger partial charge in [0.1, 0.15) is 5.75 Å². The van der Waals surface area contributed by atoms with Crippen molar-refractivity contribution in [1.82, 2.24) is 4.98 Å². The Morgan fingerprint density at radius 2 is 2.22 bits per heavy atom. The highest BCUT2D eigenvalue weighted by atomic mass is 16.5. The molecule has 96 valence electrons. The van der Waals surface area contributed by atoms with Gasteiger partial charge in [-0.25, -0.2) is 0 Å². The van der Waals surface area contributed by atoms with Gasteiger partial charge in [-0.15, -0.1) is 0 Å². The van der Waals surface area contributed by atoms with Crippen molar-refractivity contribution in [2.45, 2.75) is 18.9 Å². The molecule has 3 N–H and O–H groups in total. The minimum atomic E-state index is -0.863. The first-order valence-electron chi connectivity index (χ1n) is 6.01. The number of nitrogens with two attached hydrogens (primary N) is 1. The Morgan fingerprint density at radius 3 is 3.00 bits per heavy atom. The standard InChI is InChI=1S/C14H18N2O2/c1-14(17,10-15)6-8-18-12-4-5-13-11(9-12)3-2-7-16-13/h2-5,7,9,17H,6,8,10,15H2,1H3. The van der Waals surface area contributed by atoms with Crippen molar-refractivity contribution < 1.29 is 9.84 Å². The predicted octanol–water partition coefficient (Wildman–Crippen LogP) is 1.71. The zero-order valence-corrected chi connectivity index (χ0v) is 10.5. The van der Waals surface area contributed by atoms with E-state index >= 15 is 0 Å². The largest absolute Gasteiger partial charge is 0.493 e. The lowest BCUT2D eigenvalue weighted by molar-refractivity contribution is 0.0454. The lowest BCUT2D eigenvalue weighted by Gasteiger charge is -2.20. The van der Waals surface area contributed by atoms with E-state index in [2.05, 4.69) is 4.98 Å². The third-order valence-corrected chi connectivity index (χ3v) is 2.92. The van der Waals surface area contributed by atoms with E-state index in [-0.39, 0.29) is 6.54 Å². The van der Waals surface area contributed by atoms with Gasteiger partial charge in [-0.2, -0.15) is 0 Å². The second-order valence-electron chi connectivity index (χ2n) is 4.66. The molecule has 4 nitrogen and oxygen atoms in total. The molecule has 0 aliphatic rings. The van der Waals surface area contributed by atoms with Gasteiger partial charge in [0.15, 0.2) is 0 Å². The van der Waals surface area contributed by atoms with E-state index < -0.39 is 5.60 Å². The summed E-state index contributed by atoms with van der Waals surface area (Å²) in [6.07, 6.45) is 2.27. The Kier molecular flexibility index (Phi) is 3.79. The van der Waals surface area contributed by atoms with Crippen LogP contribution in [0.5, 0.6) is 5.75 Å². The van der Waals surface area contributed by atoms with Crippen molar-refractivity contribution in [3.05, 3.63) is 36.5 Å². The average Bonchev–Trinajstić information content (AvgIpc) is 2.38. The second-order valence-corrected chi connectivity index (χ2v) is 4.66. The number of ether oxygens (including phenoxy) is 1. The molecule has 18 heavy (non-hydrogen) atoms. The quantitative estimate of drug-likeness (QED) is 0.842. The minimum Gasteiger partial charge on any atom is -0.493 e. The number of fused-ring (bicyclic) bond motifs is 1. The number of aromatic nitrogens is 1. The first-order valence-corrected chi connectivity index (χ1v) is 6.01. The van der Waals surface area contributed by atoms with E-state index in [0.29, 0.717) is 13.0 Å². The van der Waals surface area contributed by atoms with Crippen LogP contribution >= 0.6 is 0 Å². The topological polar surface area (TPSA) is 68.4 Å². The minimum absolute atomic E-state index is 0.234. The van der Waals surface area contributed by atoms with Crippen LogP contribution in [-0.2, 0) is 0 Å². The molecule has 4 heteroatoms. The Morgan fingerprint density at radius 1 is 1.39 bits per heavy atom. The van der Waals surface area contributed by atoms with Gasteiger partial charge in [0.05, 0.1) is 17.7 Å². The Bertz CT molecular complexity index is 526. The van der Waals surface area contributed by atoms with Crippen LogP contribution in [0.4, 0.5) is 0 Å². The van der Waals surface area contributed by atoms with Gasteiger partial charge in [0.25, 0.3) is 0 Å². The van der Waals surface area contributed by atoms with Crippen molar-refractivity contribution in [2.75, 3.05) is 13.2 Å². The maximum atomic E-state index is 9.76. The summed E-state index contributed by atoms with van der Waals surface area (Å²) >= 11 is 0. The highest BCUT2D eigenvalue weighted by Crippen LogP contribution is 2.19. The fourth-order valence-corrected chi connectivity index (χ4v) is 1.63. The molecule has 1 aromatic carbocycles. The number of aliphatic hydroxyl groups is 1. The number of nitrogens with zero attached hydrogens (tertiary/aromatic N) is 1. The molecule has 0 saturated heterocycles. The summed E-state index contributed by atoms with van der Waals surface area (Å²) in [5, 5.41) is 10.8. The Balaban J connectivity index is 2.00. The highest BCUT2D eigenvalue weighted by Gasteiger charge is 2.17. The van der Waals surface area contributed by atoms with Crippen LogP contribution in [0.15, 0.2) is 36.5 Å². The monoisotopic (exact) mass is 246 g/mol. The third kappa shape index (κ3) is 3.18. The molecule has 2 rings (SSSR count). The first kappa shape index (κ1) is 12.8. The molecule has 1 atom stereocenters.